The van der Waals surface area contributed by atoms with Crippen LogP contribution in [0, 0.1) is 0 Å². The van der Waals surface area contributed by atoms with Crippen LogP contribution in [0.3, 0.4) is 0 Å². The first-order valence-electron chi connectivity index (χ1n) is 5.31. The highest BCUT2D eigenvalue weighted by Crippen LogP contribution is 2.26. The van der Waals surface area contributed by atoms with E-state index in [0.717, 1.165) is 8.79 Å². The molecule has 0 aliphatic heterocycles. The van der Waals surface area contributed by atoms with Gasteiger partial charge in [0.1, 0.15) is 0 Å². The van der Waals surface area contributed by atoms with Gasteiger partial charge in [-0.25, -0.2) is 0 Å². The number of halogens is 1. The molecule has 0 fully saturated rings. The minimum atomic E-state index is -0.175. The van der Waals surface area contributed by atoms with Gasteiger partial charge in [0, 0.05) is 30.5 Å². The number of hydrogen-bond donors (Lipinski definition) is 2. The lowest BCUT2D eigenvalue weighted by Crippen LogP contribution is -2.11. The molecule has 0 saturated heterocycles. The molecule has 0 bridgehead atoms. The van der Waals surface area contributed by atoms with E-state index in [-0.39, 0.29) is 12.5 Å². The van der Waals surface area contributed by atoms with E-state index < -0.39 is 0 Å². The molecule has 0 unspecified atom stereocenters. The van der Waals surface area contributed by atoms with Crippen LogP contribution in [0.2, 0.25) is 0 Å². The predicted octanol–water partition coefficient (Wildman–Crippen LogP) is 2.69. The lowest BCUT2D eigenvalue weighted by Gasteiger charge is -2.04. The van der Waals surface area contributed by atoms with Gasteiger partial charge >= 0.3 is 0 Å². The Balaban J connectivity index is 2.11. The molecule has 4 nitrogen and oxygen atoms in total. The Kier molecular flexibility index (Phi) is 4.46. The summed E-state index contributed by atoms with van der Waals surface area (Å²) in [6.07, 6.45) is 2.02. The third-order valence-corrected chi connectivity index (χ3v) is 3.80. The number of nitrogens with one attached hydrogen (secondary N) is 1. The Labute approximate surface area is 117 Å². The van der Waals surface area contributed by atoms with E-state index in [9.17, 15) is 4.79 Å². The van der Waals surface area contributed by atoms with Crippen molar-refractivity contribution < 1.29 is 9.90 Å². The molecule has 2 N–H and O–H groups in total. The normalized spacial score (nSPS) is 10.3. The fourth-order valence-electron chi connectivity index (χ4n) is 1.44. The molecule has 0 aliphatic rings. The molecule has 6 heteroatoms. The molecular formula is C12H11BrN2O2S. The molecule has 2 rings (SSSR count). The molecule has 0 atom stereocenters. The summed E-state index contributed by atoms with van der Waals surface area (Å²) in [4.78, 5) is 16.0. The minimum absolute atomic E-state index is 0.0238. The molecule has 2 heterocycles. The third kappa shape index (κ3) is 3.38. The predicted molar refractivity (Wildman–Crippen MR) is 75.0 cm³/mol. The van der Waals surface area contributed by atoms with Gasteiger partial charge < -0.3 is 10.4 Å². The minimum Gasteiger partial charge on any atom is -0.396 e. The van der Waals surface area contributed by atoms with Gasteiger partial charge in [-0.3, -0.25) is 9.78 Å². The number of aromatic nitrogens is 1. The van der Waals surface area contributed by atoms with Crippen LogP contribution < -0.4 is 5.32 Å². The van der Waals surface area contributed by atoms with E-state index in [1.54, 1.807) is 18.3 Å². The highest BCUT2D eigenvalue weighted by molar-refractivity contribution is 9.11. The summed E-state index contributed by atoms with van der Waals surface area (Å²) >= 11 is 4.79. The summed E-state index contributed by atoms with van der Waals surface area (Å²) in [5.74, 6) is -0.175. The van der Waals surface area contributed by atoms with Gasteiger partial charge in [0.05, 0.1) is 8.79 Å². The number of amides is 1. The number of thiophene rings is 1. The van der Waals surface area contributed by atoms with Gasteiger partial charge in [0.25, 0.3) is 5.91 Å². The quantitative estimate of drug-likeness (QED) is 0.908. The zero-order valence-electron chi connectivity index (χ0n) is 9.39. The smallest absolute Gasteiger partial charge is 0.256 e. The number of hydrogen-bond acceptors (Lipinski definition) is 4. The summed E-state index contributed by atoms with van der Waals surface area (Å²) in [5, 5.41) is 12.4. The number of anilines is 1. The number of aliphatic hydroxyl groups excluding tert-OH is 1. The Morgan fingerprint density at radius 1 is 1.44 bits per heavy atom. The van der Waals surface area contributed by atoms with Gasteiger partial charge in [-0.15, -0.1) is 11.3 Å². The zero-order chi connectivity index (χ0) is 13.0. The Morgan fingerprint density at radius 3 is 2.94 bits per heavy atom. The van der Waals surface area contributed by atoms with Crippen LogP contribution in [0.25, 0.3) is 0 Å². The summed E-state index contributed by atoms with van der Waals surface area (Å²) in [6.45, 7) is 0.0238. The van der Waals surface area contributed by atoms with Crippen molar-refractivity contribution >= 4 is 38.2 Å². The molecule has 94 valence electrons. The Bertz CT molecular complexity index is 557. The molecule has 2 aromatic heterocycles. The number of aliphatic hydroxyl groups is 1. The first-order valence-corrected chi connectivity index (χ1v) is 6.92. The molecule has 1 amide bonds. The van der Waals surface area contributed by atoms with Gasteiger partial charge in [-0.1, -0.05) is 0 Å². The van der Waals surface area contributed by atoms with Crippen molar-refractivity contribution in [2.24, 2.45) is 0 Å². The average molecular weight is 327 g/mol. The van der Waals surface area contributed by atoms with E-state index in [1.165, 1.54) is 11.3 Å². The number of carbonyl (C=O) groups is 1. The van der Waals surface area contributed by atoms with Crippen LogP contribution in [0.1, 0.15) is 16.1 Å². The molecule has 0 aromatic carbocycles. The summed E-state index contributed by atoms with van der Waals surface area (Å²) < 4.78 is 0.966. The molecule has 18 heavy (non-hydrogen) atoms. The van der Waals surface area contributed by atoms with Crippen molar-refractivity contribution in [2.45, 2.75) is 6.42 Å². The maximum Gasteiger partial charge on any atom is 0.256 e. The second-order valence-electron chi connectivity index (χ2n) is 3.57. The molecule has 2 aromatic rings. The first-order chi connectivity index (χ1) is 8.69. The van der Waals surface area contributed by atoms with Gasteiger partial charge in [0.15, 0.2) is 0 Å². The van der Waals surface area contributed by atoms with Gasteiger partial charge in [-0.05, 0) is 40.2 Å². The SMILES string of the molecule is O=C(Nc1ccc(Br)s1)c1ccnc(CCO)c1. The molecule has 0 saturated carbocycles. The second-order valence-corrected chi connectivity index (χ2v) is 6.03. The van der Waals surface area contributed by atoms with Gasteiger partial charge in [-0.2, -0.15) is 0 Å². The van der Waals surface area contributed by atoms with Crippen LogP contribution in [-0.4, -0.2) is 22.6 Å². The van der Waals surface area contributed by atoms with Crippen molar-refractivity contribution in [3.8, 4) is 0 Å². The van der Waals surface area contributed by atoms with Crippen LogP contribution in [0.4, 0.5) is 5.00 Å². The molecule has 0 radical (unpaired) electrons. The molecule has 0 aliphatic carbocycles. The number of rotatable bonds is 4. The molecular weight excluding hydrogens is 316 g/mol. The second kappa shape index (κ2) is 6.08. The summed E-state index contributed by atoms with van der Waals surface area (Å²) in [6, 6.07) is 7.06. The fraction of sp³-hybridized carbons (Fsp3) is 0.167. The monoisotopic (exact) mass is 326 g/mol. The number of pyridine rings is 1. The van der Waals surface area contributed by atoms with E-state index >= 15 is 0 Å². The highest BCUT2D eigenvalue weighted by Gasteiger charge is 2.08. The van der Waals surface area contributed by atoms with E-state index in [0.29, 0.717) is 17.7 Å². The van der Waals surface area contributed by atoms with Crippen molar-refractivity contribution in [3.05, 3.63) is 45.5 Å². The topological polar surface area (TPSA) is 62.2 Å². The number of nitrogens with zero attached hydrogens (tertiary/aromatic N) is 1. The maximum atomic E-state index is 12.0. The standard InChI is InChI=1S/C12H11BrN2O2S/c13-10-1-2-11(18-10)15-12(17)8-3-5-14-9(7-8)4-6-16/h1-3,5,7,16H,4,6H2,(H,15,17). The highest BCUT2D eigenvalue weighted by atomic mass is 79.9. The van der Waals surface area contributed by atoms with E-state index in [4.69, 9.17) is 5.11 Å². The maximum absolute atomic E-state index is 12.0. The Morgan fingerprint density at radius 2 is 2.28 bits per heavy atom. The van der Waals surface area contributed by atoms with Crippen molar-refractivity contribution in [1.29, 1.82) is 0 Å². The largest absolute Gasteiger partial charge is 0.396 e. The lowest BCUT2D eigenvalue weighted by atomic mass is 10.2. The first kappa shape index (κ1) is 13.2. The molecule has 0 spiro atoms. The van der Waals surface area contributed by atoms with Crippen molar-refractivity contribution in [3.63, 3.8) is 0 Å². The van der Waals surface area contributed by atoms with Crippen LogP contribution >= 0.6 is 27.3 Å². The van der Waals surface area contributed by atoms with Gasteiger partial charge in [0.2, 0.25) is 0 Å². The van der Waals surface area contributed by atoms with E-state index in [1.807, 2.05) is 12.1 Å². The summed E-state index contributed by atoms with van der Waals surface area (Å²) in [7, 11) is 0. The lowest BCUT2D eigenvalue weighted by molar-refractivity contribution is 0.102. The van der Waals surface area contributed by atoms with E-state index in [2.05, 4.69) is 26.2 Å². The van der Waals surface area contributed by atoms with Crippen molar-refractivity contribution in [2.75, 3.05) is 11.9 Å². The van der Waals surface area contributed by atoms with Crippen molar-refractivity contribution in [1.82, 2.24) is 4.98 Å². The fourth-order valence-corrected chi connectivity index (χ4v) is 2.72. The zero-order valence-corrected chi connectivity index (χ0v) is 11.8. The van der Waals surface area contributed by atoms with Crippen LogP contribution in [-0.2, 0) is 6.42 Å². The number of carbonyl (C=O) groups excluding carboxylic acids is 1. The Hall–Kier alpha value is -1.24. The van der Waals surface area contributed by atoms with Crippen LogP contribution in [0.15, 0.2) is 34.2 Å². The average Bonchev–Trinajstić information content (AvgIpc) is 2.75. The summed E-state index contributed by atoms with van der Waals surface area (Å²) in [5.41, 5.74) is 1.25. The van der Waals surface area contributed by atoms with Crippen LogP contribution in [0.5, 0.6) is 0 Å². The third-order valence-electron chi connectivity index (χ3n) is 2.26.